The summed E-state index contributed by atoms with van der Waals surface area (Å²) in [5.74, 6) is 6.39. The fraction of sp³-hybridized carbons (Fsp3) is 0.471. The van der Waals surface area contributed by atoms with Crippen LogP contribution in [0.1, 0.15) is 39.3 Å². The molecule has 3 nitrogen and oxygen atoms in total. The van der Waals surface area contributed by atoms with Gasteiger partial charge in [0.1, 0.15) is 0 Å². The van der Waals surface area contributed by atoms with E-state index < -0.39 is 0 Å². The Bertz CT molecular complexity index is 631. The molecule has 3 rings (SSSR count). The number of fused-ring (bicyclic) bond motifs is 1. The van der Waals surface area contributed by atoms with Gasteiger partial charge in [0.15, 0.2) is 0 Å². The quantitative estimate of drug-likeness (QED) is 0.663. The second kappa shape index (κ2) is 4.27. The molecule has 20 heavy (non-hydrogen) atoms. The molecule has 1 saturated carbocycles. The van der Waals surface area contributed by atoms with E-state index in [1.165, 1.54) is 10.9 Å². The lowest BCUT2D eigenvalue weighted by Crippen LogP contribution is -2.31. The Kier molecular flexibility index (Phi) is 2.89. The van der Waals surface area contributed by atoms with E-state index in [4.69, 9.17) is 5.84 Å². The lowest BCUT2D eigenvalue weighted by atomic mass is 9.96. The van der Waals surface area contributed by atoms with Crippen molar-refractivity contribution >= 4 is 10.9 Å². The van der Waals surface area contributed by atoms with Crippen molar-refractivity contribution in [3.8, 4) is 0 Å². The van der Waals surface area contributed by atoms with E-state index in [-0.39, 0.29) is 6.04 Å². The molecule has 1 aliphatic carbocycles. The van der Waals surface area contributed by atoms with Crippen LogP contribution in [0.25, 0.3) is 10.9 Å². The molecule has 0 saturated heterocycles. The van der Waals surface area contributed by atoms with Crippen molar-refractivity contribution in [2.45, 2.75) is 33.7 Å². The van der Waals surface area contributed by atoms with Crippen LogP contribution in [-0.4, -0.2) is 4.98 Å². The molecule has 1 aromatic carbocycles. The third-order valence-electron chi connectivity index (χ3n) is 5.63. The minimum absolute atomic E-state index is 0.173. The monoisotopic (exact) mass is 269 g/mol. The second-order valence-electron chi connectivity index (χ2n) is 7.02. The first kappa shape index (κ1) is 13.5. The number of hydrogen-bond donors (Lipinski definition) is 2. The van der Waals surface area contributed by atoms with Crippen LogP contribution in [0.15, 0.2) is 36.5 Å². The van der Waals surface area contributed by atoms with Crippen LogP contribution in [0.5, 0.6) is 0 Å². The van der Waals surface area contributed by atoms with Crippen molar-refractivity contribution in [3.63, 3.8) is 0 Å². The first-order valence-corrected chi connectivity index (χ1v) is 7.20. The zero-order valence-corrected chi connectivity index (χ0v) is 12.6. The summed E-state index contributed by atoms with van der Waals surface area (Å²) in [5.41, 5.74) is 5.87. The molecular weight excluding hydrogens is 246 g/mol. The van der Waals surface area contributed by atoms with Gasteiger partial charge in [-0.25, -0.2) is 0 Å². The maximum absolute atomic E-state index is 5.86. The highest BCUT2D eigenvalue weighted by Gasteiger charge is 2.67. The number of hydrogen-bond acceptors (Lipinski definition) is 3. The minimum atomic E-state index is 0.173. The van der Waals surface area contributed by atoms with Gasteiger partial charge in [-0.05, 0) is 34.4 Å². The fourth-order valence-electron chi connectivity index (χ4n) is 3.74. The van der Waals surface area contributed by atoms with Gasteiger partial charge in [0.05, 0.1) is 5.52 Å². The van der Waals surface area contributed by atoms with Crippen molar-refractivity contribution in [1.29, 1.82) is 0 Å². The Balaban J connectivity index is 2.01. The predicted molar refractivity (Wildman–Crippen MR) is 82.9 cm³/mol. The SMILES string of the molecule is CC1(C)C(C(NN)c2ccc3cccnc3c2)C1(C)C. The number of nitrogens with one attached hydrogen (secondary N) is 1. The van der Waals surface area contributed by atoms with E-state index in [0.717, 1.165) is 5.52 Å². The standard InChI is InChI=1S/C17H23N3/c1-16(2)15(17(16,3)4)14(20-18)12-8-7-11-6-5-9-19-13(11)10-12/h5-10,14-15,20H,18H2,1-4H3. The first-order valence-electron chi connectivity index (χ1n) is 7.20. The molecule has 3 N–H and O–H groups in total. The molecule has 3 heteroatoms. The summed E-state index contributed by atoms with van der Waals surface area (Å²) in [6.07, 6.45) is 1.84. The molecule has 2 aromatic rings. The molecule has 1 fully saturated rings. The third-order valence-corrected chi connectivity index (χ3v) is 5.63. The van der Waals surface area contributed by atoms with Crippen LogP contribution in [0, 0.1) is 16.7 Å². The largest absolute Gasteiger partial charge is 0.271 e. The van der Waals surface area contributed by atoms with Crippen LogP contribution in [0.2, 0.25) is 0 Å². The highest BCUT2D eigenvalue weighted by atomic mass is 15.2. The number of hydrazine groups is 1. The highest BCUT2D eigenvalue weighted by Crippen LogP contribution is 2.72. The van der Waals surface area contributed by atoms with Gasteiger partial charge in [-0.15, -0.1) is 0 Å². The van der Waals surface area contributed by atoms with Crippen molar-refractivity contribution in [3.05, 3.63) is 42.1 Å². The molecule has 0 aliphatic heterocycles. The van der Waals surface area contributed by atoms with Gasteiger partial charge in [0.2, 0.25) is 0 Å². The smallest absolute Gasteiger partial charge is 0.0705 e. The van der Waals surface area contributed by atoms with Gasteiger partial charge in [-0.3, -0.25) is 16.3 Å². The average Bonchev–Trinajstić information content (AvgIpc) is 2.82. The maximum atomic E-state index is 5.86. The molecule has 0 spiro atoms. The molecule has 1 atom stereocenters. The van der Waals surface area contributed by atoms with Gasteiger partial charge in [0, 0.05) is 17.6 Å². The molecule has 0 amide bonds. The van der Waals surface area contributed by atoms with Crippen LogP contribution in [-0.2, 0) is 0 Å². The molecule has 1 aromatic heterocycles. The van der Waals surface area contributed by atoms with Gasteiger partial charge in [-0.2, -0.15) is 0 Å². The van der Waals surface area contributed by atoms with E-state index in [9.17, 15) is 0 Å². The lowest BCUT2D eigenvalue weighted by Gasteiger charge is -2.19. The molecule has 0 bridgehead atoms. The summed E-state index contributed by atoms with van der Waals surface area (Å²) in [6, 6.07) is 10.7. The van der Waals surface area contributed by atoms with Crippen molar-refractivity contribution in [2.24, 2.45) is 22.6 Å². The number of aromatic nitrogens is 1. The number of nitrogens with zero attached hydrogens (tertiary/aromatic N) is 1. The summed E-state index contributed by atoms with van der Waals surface area (Å²) in [6.45, 7) is 9.28. The number of benzene rings is 1. The van der Waals surface area contributed by atoms with Crippen LogP contribution >= 0.6 is 0 Å². The van der Waals surface area contributed by atoms with E-state index in [1.54, 1.807) is 0 Å². The Morgan fingerprint density at radius 3 is 2.45 bits per heavy atom. The first-order chi connectivity index (χ1) is 9.39. The maximum Gasteiger partial charge on any atom is 0.0705 e. The summed E-state index contributed by atoms with van der Waals surface area (Å²) < 4.78 is 0. The second-order valence-corrected chi connectivity index (χ2v) is 7.02. The fourth-order valence-corrected chi connectivity index (χ4v) is 3.74. The minimum Gasteiger partial charge on any atom is -0.271 e. The predicted octanol–water partition coefficient (Wildman–Crippen LogP) is 3.42. The van der Waals surface area contributed by atoms with Gasteiger partial charge in [0.25, 0.3) is 0 Å². The molecule has 1 unspecified atom stereocenters. The lowest BCUT2D eigenvalue weighted by molar-refractivity contribution is 0.418. The number of rotatable bonds is 3. The van der Waals surface area contributed by atoms with Crippen molar-refractivity contribution < 1.29 is 0 Å². The van der Waals surface area contributed by atoms with E-state index >= 15 is 0 Å². The topological polar surface area (TPSA) is 50.9 Å². The number of pyridine rings is 1. The highest BCUT2D eigenvalue weighted by molar-refractivity contribution is 5.79. The summed E-state index contributed by atoms with van der Waals surface area (Å²) in [7, 11) is 0. The third kappa shape index (κ3) is 1.77. The van der Waals surface area contributed by atoms with Crippen molar-refractivity contribution in [1.82, 2.24) is 10.4 Å². The van der Waals surface area contributed by atoms with E-state index in [0.29, 0.717) is 16.7 Å². The van der Waals surface area contributed by atoms with Crippen LogP contribution in [0.3, 0.4) is 0 Å². The van der Waals surface area contributed by atoms with Gasteiger partial charge in [-0.1, -0.05) is 45.9 Å². The van der Waals surface area contributed by atoms with Gasteiger partial charge >= 0.3 is 0 Å². The van der Waals surface area contributed by atoms with Crippen LogP contribution < -0.4 is 11.3 Å². The van der Waals surface area contributed by atoms with Crippen molar-refractivity contribution in [2.75, 3.05) is 0 Å². The summed E-state index contributed by atoms with van der Waals surface area (Å²) in [4.78, 5) is 4.44. The zero-order chi connectivity index (χ0) is 14.5. The molecule has 0 radical (unpaired) electrons. The number of nitrogens with two attached hydrogens (primary N) is 1. The summed E-state index contributed by atoms with van der Waals surface area (Å²) >= 11 is 0. The van der Waals surface area contributed by atoms with Gasteiger partial charge < -0.3 is 0 Å². The Hall–Kier alpha value is -1.45. The molecular formula is C17H23N3. The average molecular weight is 269 g/mol. The molecule has 106 valence electrons. The Morgan fingerprint density at radius 2 is 1.85 bits per heavy atom. The normalized spacial score (nSPS) is 21.9. The van der Waals surface area contributed by atoms with E-state index in [2.05, 4.69) is 62.4 Å². The summed E-state index contributed by atoms with van der Waals surface area (Å²) in [5, 5.41) is 1.17. The van der Waals surface area contributed by atoms with Crippen LogP contribution in [0.4, 0.5) is 0 Å². The Morgan fingerprint density at radius 1 is 1.15 bits per heavy atom. The van der Waals surface area contributed by atoms with E-state index in [1.807, 2.05) is 12.3 Å². The molecule has 1 aliphatic rings. The molecule has 1 heterocycles. The zero-order valence-electron chi connectivity index (χ0n) is 12.6. The Labute approximate surface area is 120 Å².